The van der Waals surface area contributed by atoms with Gasteiger partial charge in [0.05, 0.1) is 29.7 Å². The molecule has 10 heteroatoms. The second kappa shape index (κ2) is 8.74. The number of nitrogen functional groups attached to an aromatic ring is 1. The van der Waals surface area contributed by atoms with E-state index in [0.717, 1.165) is 29.7 Å². The quantitative estimate of drug-likeness (QED) is 0.459. The summed E-state index contributed by atoms with van der Waals surface area (Å²) in [7, 11) is 0. The molecule has 0 radical (unpaired) electrons. The third-order valence-electron chi connectivity index (χ3n) is 5.42. The lowest BCUT2D eigenvalue weighted by atomic mass is 10.1. The SMILES string of the molecule is CCC(C)NC(=O)c1cc(-c2cnn(C(CC)c3ccc(F)cn3)c2)cn2nc(N)nc12. The molecule has 0 aliphatic rings. The third kappa shape index (κ3) is 4.16. The number of aromatic nitrogens is 6. The summed E-state index contributed by atoms with van der Waals surface area (Å²) in [6, 6.07) is 4.68. The van der Waals surface area contributed by atoms with Crippen molar-refractivity contribution in [3.63, 3.8) is 0 Å². The minimum absolute atomic E-state index is 0.0164. The van der Waals surface area contributed by atoms with Gasteiger partial charge >= 0.3 is 0 Å². The minimum Gasteiger partial charge on any atom is -0.366 e. The highest BCUT2D eigenvalue weighted by Gasteiger charge is 2.19. The molecule has 2 unspecified atom stereocenters. The number of hydrogen-bond donors (Lipinski definition) is 2. The third-order valence-corrected chi connectivity index (χ3v) is 5.42. The topological polar surface area (TPSA) is 116 Å². The smallest absolute Gasteiger partial charge is 0.255 e. The first-order chi connectivity index (χ1) is 15.4. The highest BCUT2D eigenvalue weighted by molar-refractivity contribution is 6.01. The van der Waals surface area contributed by atoms with Gasteiger partial charge in [0.15, 0.2) is 5.65 Å². The first kappa shape index (κ1) is 21.4. The predicted octanol–water partition coefficient (Wildman–Crippen LogP) is 3.24. The summed E-state index contributed by atoms with van der Waals surface area (Å²) in [6.45, 7) is 5.95. The number of carbonyl (C=O) groups is 1. The molecular formula is C22H25FN8O. The number of pyridine rings is 2. The molecule has 4 aromatic rings. The maximum atomic E-state index is 13.3. The van der Waals surface area contributed by atoms with E-state index in [1.807, 2.05) is 27.0 Å². The van der Waals surface area contributed by atoms with Crippen LogP contribution < -0.4 is 11.1 Å². The molecule has 0 spiro atoms. The van der Waals surface area contributed by atoms with Crippen LogP contribution in [0.1, 0.15) is 55.7 Å². The van der Waals surface area contributed by atoms with E-state index < -0.39 is 0 Å². The Kier molecular flexibility index (Phi) is 5.85. The Morgan fingerprint density at radius 2 is 2.00 bits per heavy atom. The molecule has 4 rings (SSSR count). The Morgan fingerprint density at radius 1 is 1.19 bits per heavy atom. The highest BCUT2D eigenvalue weighted by atomic mass is 19.1. The number of hydrogen-bond acceptors (Lipinski definition) is 6. The van der Waals surface area contributed by atoms with Gasteiger partial charge in [0.2, 0.25) is 5.95 Å². The molecule has 166 valence electrons. The van der Waals surface area contributed by atoms with Gasteiger partial charge in [-0.2, -0.15) is 10.1 Å². The Labute approximate surface area is 184 Å². The number of halogens is 1. The Bertz CT molecular complexity index is 1250. The minimum atomic E-state index is -0.381. The van der Waals surface area contributed by atoms with Gasteiger partial charge in [0, 0.05) is 29.6 Å². The van der Waals surface area contributed by atoms with E-state index in [4.69, 9.17) is 5.73 Å². The molecule has 0 saturated heterocycles. The summed E-state index contributed by atoms with van der Waals surface area (Å²) >= 11 is 0. The molecule has 0 fully saturated rings. The van der Waals surface area contributed by atoms with Crippen molar-refractivity contribution < 1.29 is 9.18 Å². The second-order valence-electron chi connectivity index (χ2n) is 7.70. The van der Waals surface area contributed by atoms with Crippen molar-refractivity contribution >= 4 is 17.5 Å². The lowest BCUT2D eigenvalue weighted by molar-refractivity contribution is 0.0940. The summed E-state index contributed by atoms with van der Waals surface area (Å²) < 4.78 is 16.6. The highest BCUT2D eigenvalue weighted by Crippen LogP contribution is 2.26. The van der Waals surface area contributed by atoms with E-state index in [-0.39, 0.29) is 29.8 Å². The fourth-order valence-electron chi connectivity index (χ4n) is 3.50. The monoisotopic (exact) mass is 436 g/mol. The van der Waals surface area contributed by atoms with Crippen LogP contribution in [0.5, 0.6) is 0 Å². The van der Waals surface area contributed by atoms with Crippen molar-refractivity contribution in [2.75, 3.05) is 5.73 Å². The van der Waals surface area contributed by atoms with Crippen LogP contribution in [0.15, 0.2) is 43.0 Å². The van der Waals surface area contributed by atoms with Gasteiger partial charge in [-0.15, -0.1) is 5.10 Å². The van der Waals surface area contributed by atoms with Crippen molar-refractivity contribution in [3.8, 4) is 11.1 Å². The molecular weight excluding hydrogens is 411 g/mol. The number of fused-ring (bicyclic) bond motifs is 1. The van der Waals surface area contributed by atoms with E-state index in [1.54, 1.807) is 29.2 Å². The van der Waals surface area contributed by atoms with Gasteiger partial charge < -0.3 is 11.1 Å². The number of nitrogens with one attached hydrogen (secondary N) is 1. The molecule has 9 nitrogen and oxygen atoms in total. The van der Waals surface area contributed by atoms with Crippen molar-refractivity contribution in [1.29, 1.82) is 0 Å². The molecule has 32 heavy (non-hydrogen) atoms. The molecule has 4 heterocycles. The first-order valence-corrected chi connectivity index (χ1v) is 10.5. The summed E-state index contributed by atoms with van der Waals surface area (Å²) in [6.07, 6.45) is 8.08. The number of carbonyl (C=O) groups excluding carboxylic acids is 1. The first-order valence-electron chi connectivity index (χ1n) is 10.5. The number of rotatable bonds is 7. The predicted molar refractivity (Wildman–Crippen MR) is 118 cm³/mol. The van der Waals surface area contributed by atoms with Gasteiger partial charge in [0.25, 0.3) is 5.91 Å². The van der Waals surface area contributed by atoms with Gasteiger partial charge in [0.1, 0.15) is 5.82 Å². The molecule has 0 saturated carbocycles. The molecule has 0 aromatic carbocycles. The molecule has 4 aromatic heterocycles. The lowest BCUT2D eigenvalue weighted by Crippen LogP contribution is -2.32. The molecule has 3 N–H and O–H groups in total. The largest absolute Gasteiger partial charge is 0.366 e. The van der Waals surface area contributed by atoms with Crippen LogP contribution in [-0.4, -0.2) is 41.3 Å². The zero-order valence-electron chi connectivity index (χ0n) is 18.2. The van der Waals surface area contributed by atoms with E-state index >= 15 is 0 Å². The molecule has 1 amide bonds. The van der Waals surface area contributed by atoms with Crippen LogP contribution in [0, 0.1) is 5.82 Å². The number of anilines is 1. The summed E-state index contributed by atoms with van der Waals surface area (Å²) in [4.78, 5) is 21.3. The van der Waals surface area contributed by atoms with Crippen molar-refractivity contribution in [2.45, 2.75) is 45.7 Å². The van der Waals surface area contributed by atoms with Crippen LogP contribution in [0.3, 0.4) is 0 Å². The Balaban J connectivity index is 1.73. The van der Waals surface area contributed by atoms with Gasteiger partial charge in [-0.05, 0) is 38.0 Å². The van der Waals surface area contributed by atoms with Crippen molar-refractivity contribution in [2.24, 2.45) is 0 Å². The second-order valence-corrected chi connectivity index (χ2v) is 7.70. The molecule has 0 bridgehead atoms. The van der Waals surface area contributed by atoms with Crippen LogP contribution in [0.4, 0.5) is 10.3 Å². The van der Waals surface area contributed by atoms with E-state index in [0.29, 0.717) is 11.2 Å². The van der Waals surface area contributed by atoms with Gasteiger partial charge in [-0.1, -0.05) is 13.8 Å². The Hall–Kier alpha value is -3.82. The van der Waals surface area contributed by atoms with Gasteiger partial charge in [-0.25, -0.2) is 8.91 Å². The van der Waals surface area contributed by atoms with Crippen LogP contribution in [0.25, 0.3) is 16.8 Å². The molecule has 0 aliphatic heterocycles. The number of amides is 1. The fourth-order valence-corrected chi connectivity index (χ4v) is 3.50. The van der Waals surface area contributed by atoms with E-state index in [1.165, 1.54) is 16.8 Å². The fraction of sp³-hybridized carbons (Fsp3) is 0.318. The normalized spacial score (nSPS) is 13.2. The van der Waals surface area contributed by atoms with Crippen molar-refractivity contribution in [1.82, 2.24) is 34.7 Å². The van der Waals surface area contributed by atoms with Crippen molar-refractivity contribution in [3.05, 3.63) is 60.1 Å². The average molecular weight is 436 g/mol. The maximum Gasteiger partial charge on any atom is 0.255 e. The summed E-state index contributed by atoms with van der Waals surface area (Å²) in [5, 5.41) is 11.6. The number of nitrogens with two attached hydrogens (primary N) is 1. The zero-order valence-corrected chi connectivity index (χ0v) is 18.2. The van der Waals surface area contributed by atoms with Crippen LogP contribution in [0.2, 0.25) is 0 Å². The number of nitrogens with zero attached hydrogens (tertiary/aromatic N) is 6. The molecule has 0 aliphatic carbocycles. The average Bonchev–Trinajstić information content (AvgIpc) is 3.40. The van der Waals surface area contributed by atoms with Gasteiger partial charge in [-0.3, -0.25) is 14.5 Å². The Morgan fingerprint density at radius 3 is 2.69 bits per heavy atom. The van der Waals surface area contributed by atoms with Crippen LogP contribution >= 0.6 is 0 Å². The summed E-state index contributed by atoms with van der Waals surface area (Å²) in [5.41, 5.74) is 8.81. The van der Waals surface area contributed by atoms with E-state index in [9.17, 15) is 9.18 Å². The van der Waals surface area contributed by atoms with Crippen LogP contribution in [-0.2, 0) is 0 Å². The standard InChI is InChI=1S/C22H25FN8O/c1-4-13(3)27-21(32)17-8-14(11-31-20(17)28-22(24)29-31)15-9-26-30(12-15)19(5-2)18-7-6-16(23)10-25-18/h6-13,19H,4-5H2,1-3H3,(H2,24,29)(H,27,32). The summed E-state index contributed by atoms with van der Waals surface area (Å²) in [5.74, 6) is -0.537. The zero-order chi connectivity index (χ0) is 22.8. The molecule has 2 atom stereocenters. The maximum absolute atomic E-state index is 13.3. The van der Waals surface area contributed by atoms with E-state index in [2.05, 4.69) is 25.5 Å². The lowest BCUT2D eigenvalue weighted by Gasteiger charge is -2.15.